The number of ether oxygens (including phenoxy) is 2. The van der Waals surface area contributed by atoms with Crippen molar-refractivity contribution in [3.05, 3.63) is 71.5 Å². The molecule has 3 heterocycles. The molecule has 0 aliphatic carbocycles. The van der Waals surface area contributed by atoms with E-state index in [0.29, 0.717) is 5.56 Å². The molecule has 2 aromatic heterocycles. The number of rotatable bonds is 4. The minimum atomic E-state index is -0.376. The van der Waals surface area contributed by atoms with Crippen molar-refractivity contribution in [1.29, 1.82) is 0 Å². The smallest absolute Gasteiger partial charge is 0.340 e. The summed E-state index contributed by atoms with van der Waals surface area (Å²) in [6.07, 6.45) is 3.64. The van der Waals surface area contributed by atoms with Gasteiger partial charge in [-0.3, -0.25) is 0 Å². The molecule has 146 valence electrons. The highest BCUT2D eigenvalue weighted by atomic mass is 16.5. The number of hydrogen-bond donors (Lipinski definition) is 1. The van der Waals surface area contributed by atoms with Crippen LogP contribution in [0.4, 0.5) is 0 Å². The fraction of sp³-hybridized carbons (Fsp3) is 0.348. The Morgan fingerprint density at radius 1 is 1.25 bits per heavy atom. The first-order valence-corrected chi connectivity index (χ1v) is 9.55. The number of methoxy groups -OCH3 is 1. The molecule has 2 atom stereocenters. The average Bonchev–Trinajstić information content (AvgIpc) is 3.24. The van der Waals surface area contributed by atoms with Crippen LogP contribution in [-0.4, -0.2) is 34.3 Å². The molecule has 1 N–H and O–H groups in total. The van der Waals surface area contributed by atoms with Gasteiger partial charge >= 0.3 is 5.97 Å². The average molecular weight is 379 g/mol. The lowest BCUT2D eigenvalue weighted by molar-refractivity contribution is -0.0223. The second-order valence-corrected chi connectivity index (χ2v) is 7.92. The number of para-hydroxylation sites is 1. The third kappa shape index (κ3) is 3.16. The third-order valence-corrected chi connectivity index (χ3v) is 5.58. The Morgan fingerprint density at radius 3 is 2.68 bits per heavy atom. The molecule has 5 nitrogen and oxygen atoms in total. The van der Waals surface area contributed by atoms with Gasteiger partial charge in [-0.25, -0.2) is 4.79 Å². The van der Waals surface area contributed by atoms with Crippen molar-refractivity contribution < 1.29 is 19.4 Å². The van der Waals surface area contributed by atoms with Crippen molar-refractivity contribution in [2.75, 3.05) is 7.11 Å². The molecule has 4 rings (SSSR count). The summed E-state index contributed by atoms with van der Waals surface area (Å²) in [6, 6.07) is 14.9. The number of aromatic nitrogens is 1. The zero-order valence-electron chi connectivity index (χ0n) is 16.4. The van der Waals surface area contributed by atoms with Crippen molar-refractivity contribution in [1.82, 2.24) is 4.40 Å². The molecule has 0 bridgehead atoms. The van der Waals surface area contributed by atoms with E-state index in [1.54, 1.807) is 6.07 Å². The second-order valence-electron chi connectivity index (χ2n) is 7.92. The SMILES string of the molecule is COC(=O)c1cc([C@@H](c2ccccc2O)[C@H]2CCC(C)(C)O2)n2ccccc12. The highest BCUT2D eigenvalue weighted by Gasteiger charge is 2.40. The third-order valence-electron chi connectivity index (χ3n) is 5.58. The Morgan fingerprint density at radius 2 is 2.00 bits per heavy atom. The van der Waals surface area contributed by atoms with E-state index in [4.69, 9.17) is 9.47 Å². The van der Waals surface area contributed by atoms with E-state index in [0.717, 1.165) is 29.6 Å². The van der Waals surface area contributed by atoms with E-state index in [1.807, 2.05) is 53.1 Å². The quantitative estimate of drug-likeness (QED) is 0.677. The van der Waals surface area contributed by atoms with Gasteiger partial charge in [-0.15, -0.1) is 0 Å². The highest BCUT2D eigenvalue weighted by Crippen LogP contribution is 2.43. The van der Waals surface area contributed by atoms with Crippen LogP contribution in [0.15, 0.2) is 54.7 Å². The molecule has 28 heavy (non-hydrogen) atoms. The maximum Gasteiger partial charge on any atom is 0.340 e. The number of esters is 1. The molecule has 1 aliphatic heterocycles. The second kappa shape index (κ2) is 6.99. The first-order chi connectivity index (χ1) is 13.4. The molecule has 5 heteroatoms. The number of fused-ring (bicyclic) bond motifs is 1. The monoisotopic (exact) mass is 379 g/mol. The first-order valence-electron chi connectivity index (χ1n) is 9.55. The van der Waals surface area contributed by atoms with Gasteiger partial charge in [-0.2, -0.15) is 0 Å². The van der Waals surface area contributed by atoms with Crippen LogP contribution < -0.4 is 0 Å². The van der Waals surface area contributed by atoms with Gasteiger partial charge < -0.3 is 19.0 Å². The fourth-order valence-corrected chi connectivity index (χ4v) is 4.24. The summed E-state index contributed by atoms with van der Waals surface area (Å²) >= 11 is 0. The molecule has 1 aliphatic rings. The Bertz CT molecular complexity index is 1020. The van der Waals surface area contributed by atoms with E-state index < -0.39 is 0 Å². The van der Waals surface area contributed by atoms with Gasteiger partial charge in [0.2, 0.25) is 0 Å². The van der Waals surface area contributed by atoms with Gasteiger partial charge in [-0.05, 0) is 51.0 Å². The van der Waals surface area contributed by atoms with Crippen LogP contribution in [0.2, 0.25) is 0 Å². The van der Waals surface area contributed by atoms with Gasteiger partial charge in [0.25, 0.3) is 0 Å². The number of nitrogens with zero attached hydrogens (tertiary/aromatic N) is 1. The van der Waals surface area contributed by atoms with Crippen molar-refractivity contribution in [2.24, 2.45) is 0 Å². The van der Waals surface area contributed by atoms with Gasteiger partial charge in [-0.1, -0.05) is 24.3 Å². The minimum absolute atomic E-state index is 0.105. The summed E-state index contributed by atoms with van der Waals surface area (Å²) in [5.74, 6) is -0.360. The number of hydrogen-bond acceptors (Lipinski definition) is 4. The molecular weight excluding hydrogens is 354 g/mol. The van der Waals surface area contributed by atoms with E-state index in [2.05, 4.69) is 13.8 Å². The molecular formula is C23H25NO4. The molecule has 1 aromatic carbocycles. The van der Waals surface area contributed by atoms with Crippen LogP contribution in [0.1, 0.15) is 54.2 Å². The van der Waals surface area contributed by atoms with E-state index in [1.165, 1.54) is 7.11 Å². The van der Waals surface area contributed by atoms with E-state index in [9.17, 15) is 9.90 Å². The summed E-state index contributed by atoms with van der Waals surface area (Å²) in [4.78, 5) is 12.4. The fourth-order valence-electron chi connectivity index (χ4n) is 4.24. The largest absolute Gasteiger partial charge is 0.508 e. The zero-order valence-corrected chi connectivity index (χ0v) is 16.4. The lowest BCUT2D eigenvalue weighted by atomic mass is 9.87. The van der Waals surface area contributed by atoms with Crippen LogP contribution in [0, 0.1) is 0 Å². The number of carbonyl (C=O) groups is 1. The number of phenols is 1. The molecule has 1 saturated heterocycles. The first kappa shape index (κ1) is 18.6. The predicted molar refractivity (Wildman–Crippen MR) is 107 cm³/mol. The zero-order chi connectivity index (χ0) is 19.9. The van der Waals surface area contributed by atoms with Crippen LogP contribution >= 0.6 is 0 Å². The molecule has 1 fully saturated rings. The standard InChI is InChI=1S/C23H25NO4/c1-23(2)12-11-20(28-23)21(15-8-4-5-10-19(15)25)18-14-16(22(26)27-3)17-9-6-7-13-24(17)18/h4-10,13-14,20-21,25H,11-12H2,1-3H3/t20-,21-/m1/s1. The van der Waals surface area contributed by atoms with Crippen LogP contribution in [-0.2, 0) is 9.47 Å². The topological polar surface area (TPSA) is 60.2 Å². The summed E-state index contributed by atoms with van der Waals surface area (Å²) in [5.41, 5.74) is 2.77. The Labute approximate surface area is 164 Å². The van der Waals surface area contributed by atoms with Crippen molar-refractivity contribution in [3.8, 4) is 5.75 Å². The highest BCUT2D eigenvalue weighted by molar-refractivity contribution is 5.97. The summed E-state index contributed by atoms with van der Waals surface area (Å²) < 4.78 is 13.4. The predicted octanol–water partition coefficient (Wildman–Crippen LogP) is 4.52. The number of carbonyl (C=O) groups excluding carboxylic acids is 1. The molecule has 0 saturated carbocycles. The van der Waals surface area contributed by atoms with Gasteiger partial charge in [0.05, 0.1) is 35.8 Å². The van der Waals surface area contributed by atoms with Gasteiger partial charge in [0.1, 0.15) is 5.75 Å². The summed E-state index contributed by atoms with van der Waals surface area (Å²) in [6.45, 7) is 4.18. The van der Waals surface area contributed by atoms with Crippen LogP contribution in [0.5, 0.6) is 5.75 Å². The van der Waals surface area contributed by atoms with Crippen LogP contribution in [0.3, 0.4) is 0 Å². The Hall–Kier alpha value is -2.79. The van der Waals surface area contributed by atoms with Crippen LogP contribution in [0.25, 0.3) is 5.52 Å². The van der Waals surface area contributed by atoms with Gasteiger partial charge in [0.15, 0.2) is 0 Å². The normalized spacial score (nSPS) is 19.6. The van der Waals surface area contributed by atoms with Crippen molar-refractivity contribution in [3.63, 3.8) is 0 Å². The minimum Gasteiger partial charge on any atom is -0.508 e. The van der Waals surface area contributed by atoms with E-state index >= 15 is 0 Å². The maximum absolute atomic E-state index is 12.4. The van der Waals surface area contributed by atoms with E-state index in [-0.39, 0.29) is 29.3 Å². The number of benzene rings is 1. The Kier molecular flexibility index (Phi) is 4.63. The molecule has 3 aromatic rings. The molecule has 0 amide bonds. The number of aromatic hydroxyl groups is 1. The molecule has 0 radical (unpaired) electrons. The summed E-state index contributed by atoms with van der Waals surface area (Å²) in [7, 11) is 1.39. The Balaban J connectivity index is 1.93. The number of phenolic OH excluding ortho intramolecular Hbond substituents is 1. The van der Waals surface area contributed by atoms with Crippen molar-refractivity contribution >= 4 is 11.5 Å². The molecule has 0 unspecified atom stereocenters. The van der Waals surface area contributed by atoms with Crippen molar-refractivity contribution in [2.45, 2.75) is 44.3 Å². The molecule has 0 spiro atoms. The lowest BCUT2D eigenvalue weighted by Gasteiger charge is -2.27. The van der Waals surface area contributed by atoms with Gasteiger partial charge in [0, 0.05) is 17.5 Å². The number of pyridine rings is 1. The summed E-state index contributed by atoms with van der Waals surface area (Å²) in [5, 5.41) is 10.6. The maximum atomic E-state index is 12.4. The lowest BCUT2D eigenvalue weighted by Crippen LogP contribution is -2.26.